The van der Waals surface area contributed by atoms with Crippen LogP contribution in [0.2, 0.25) is 0 Å². The molecule has 5 atom stereocenters. The Kier molecular flexibility index (Phi) is 8.40. The molecule has 1 saturated carbocycles. The van der Waals surface area contributed by atoms with Gasteiger partial charge in [-0.2, -0.15) is 13.2 Å². The van der Waals surface area contributed by atoms with Gasteiger partial charge in [-0.1, -0.05) is 54.6 Å². The van der Waals surface area contributed by atoms with Crippen molar-refractivity contribution in [3.8, 4) is 11.5 Å². The zero-order valence-electron chi connectivity index (χ0n) is 27.1. The number of carbonyl (C=O) groups is 1. The lowest BCUT2D eigenvalue weighted by molar-refractivity contribution is -0.199. The standard InChI is InChI=1S/C39H41F3N2O4/c1-3-21-43-23-20-37-34-28-15-16-31(47-2)35(34)48-36(37)30(18-19-38(37,46)32(43)25-28)44(22-8-12-26-9-5-4-6-10-26)33(45)17-14-27-11-7-13-29(24-27)39(40,41)42/h3-7,9-11,13-17,24,30,32,36,46H,1,8,12,18-23,25H2,2H3/t30-,32-,36+,37+,38-/m1/s1. The largest absolute Gasteiger partial charge is 0.493 e. The molecule has 2 aliphatic heterocycles. The molecule has 6 nitrogen and oxygen atoms in total. The quantitative estimate of drug-likeness (QED) is 0.197. The first-order valence-corrected chi connectivity index (χ1v) is 16.7. The monoisotopic (exact) mass is 658 g/mol. The fourth-order valence-electron chi connectivity index (χ4n) is 9.08. The number of likely N-dealkylation sites (tertiary alicyclic amines) is 1. The number of amides is 1. The molecular weight excluding hydrogens is 617 g/mol. The van der Waals surface area contributed by atoms with Crippen molar-refractivity contribution >= 4 is 12.0 Å². The Morgan fingerprint density at radius 3 is 2.71 bits per heavy atom. The SMILES string of the molecule is C=CCN1CC[C@]23c4c5ccc(OC)c4O[C@H]2[C@H](N(CCCc2ccccc2)C(=O)C=Cc2cccc(C(F)(F)F)c2)CC[C@@]3(O)[C@H]1C5. The third kappa shape index (κ3) is 5.22. The summed E-state index contributed by atoms with van der Waals surface area (Å²) in [4.78, 5) is 18.4. The Morgan fingerprint density at radius 1 is 1.15 bits per heavy atom. The molecule has 7 rings (SSSR count). The number of aryl methyl sites for hydroxylation is 1. The normalized spacial score (nSPS) is 27.3. The maximum atomic E-state index is 14.2. The molecule has 3 aromatic rings. The molecule has 2 fully saturated rings. The van der Waals surface area contributed by atoms with Gasteiger partial charge in [-0.3, -0.25) is 9.69 Å². The Morgan fingerprint density at radius 2 is 1.96 bits per heavy atom. The van der Waals surface area contributed by atoms with Crippen LogP contribution < -0.4 is 9.47 Å². The lowest BCUT2D eigenvalue weighted by atomic mass is 9.48. The summed E-state index contributed by atoms with van der Waals surface area (Å²) < 4.78 is 53.0. The molecule has 0 unspecified atom stereocenters. The highest BCUT2D eigenvalue weighted by molar-refractivity contribution is 5.92. The van der Waals surface area contributed by atoms with Crippen LogP contribution in [0, 0.1) is 0 Å². The van der Waals surface area contributed by atoms with Crippen molar-refractivity contribution in [2.75, 3.05) is 26.7 Å². The lowest BCUT2D eigenvalue weighted by Crippen LogP contribution is -2.78. The Labute approximate surface area is 279 Å². The van der Waals surface area contributed by atoms with Crippen molar-refractivity contribution in [3.63, 3.8) is 0 Å². The topological polar surface area (TPSA) is 62.2 Å². The van der Waals surface area contributed by atoms with Crippen LogP contribution in [-0.2, 0) is 29.2 Å². The highest BCUT2D eigenvalue weighted by Gasteiger charge is 2.73. The van der Waals surface area contributed by atoms with Crippen LogP contribution in [0.1, 0.15) is 53.5 Å². The zero-order valence-corrected chi connectivity index (χ0v) is 27.1. The van der Waals surface area contributed by atoms with Gasteiger partial charge in [0.1, 0.15) is 6.10 Å². The van der Waals surface area contributed by atoms with Crippen molar-refractivity contribution in [3.05, 3.63) is 113 Å². The van der Waals surface area contributed by atoms with Crippen molar-refractivity contribution in [1.82, 2.24) is 9.80 Å². The third-order valence-electron chi connectivity index (χ3n) is 11.1. The third-order valence-corrected chi connectivity index (χ3v) is 11.1. The molecule has 1 spiro atoms. The molecular formula is C39H41F3N2O4. The summed E-state index contributed by atoms with van der Waals surface area (Å²) in [6, 6.07) is 18.5. The lowest BCUT2D eigenvalue weighted by Gasteiger charge is -2.64. The number of methoxy groups -OCH3 is 1. The molecule has 0 radical (unpaired) electrons. The van der Waals surface area contributed by atoms with Crippen LogP contribution in [0.25, 0.3) is 6.08 Å². The summed E-state index contributed by atoms with van der Waals surface area (Å²) in [5.41, 5.74) is 0.977. The molecule has 1 amide bonds. The summed E-state index contributed by atoms with van der Waals surface area (Å²) in [5.74, 6) is 0.963. The number of ether oxygens (including phenoxy) is 2. The van der Waals surface area contributed by atoms with Crippen LogP contribution in [0.3, 0.4) is 0 Å². The second-order valence-corrected chi connectivity index (χ2v) is 13.5. The van der Waals surface area contributed by atoms with Gasteiger partial charge in [0.15, 0.2) is 11.5 Å². The first-order chi connectivity index (χ1) is 23.1. The number of piperidine rings is 1. The first kappa shape index (κ1) is 32.5. The number of aliphatic hydroxyl groups is 1. The van der Waals surface area contributed by atoms with E-state index >= 15 is 0 Å². The van der Waals surface area contributed by atoms with E-state index in [1.54, 1.807) is 13.2 Å². The van der Waals surface area contributed by atoms with E-state index in [-0.39, 0.29) is 18.0 Å². The highest BCUT2D eigenvalue weighted by Crippen LogP contribution is 2.66. The molecule has 2 heterocycles. The number of alkyl halides is 3. The fraction of sp³-hybridized carbons (Fsp3) is 0.410. The van der Waals surface area contributed by atoms with E-state index in [4.69, 9.17) is 9.47 Å². The van der Waals surface area contributed by atoms with Gasteiger partial charge in [0.2, 0.25) is 5.91 Å². The average molecular weight is 659 g/mol. The van der Waals surface area contributed by atoms with Gasteiger partial charge in [0, 0.05) is 30.8 Å². The molecule has 48 heavy (non-hydrogen) atoms. The van der Waals surface area contributed by atoms with E-state index in [2.05, 4.69) is 29.7 Å². The van der Waals surface area contributed by atoms with Crippen LogP contribution in [-0.4, -0.2) is 71.3 Å². The Bertz CT molecular complexity index is 1730. The molecule has 9 heteroatoms. The molecule has 2 bridgehead atoms. The number of nitrogens with zero attached hydrogens (tertiary/aromatic N) is 2. The van der Waals surface area contributed by atoms with Gasteiger partial charge in [0.05, 0.1) is 29.7 Å². The Hall–Kier alpha value is -4.08. The minimum absolute atomic E-state index is 0.133. The fourth-order valence-corrected chi connectivity index (χ4v) is 9.08. The molecule has 1 saturated heterocycles. The first-order valence-electron chi connectivity index (χ1n) is 16.7. The van der Waals surface area contributed by atoms with Crippen LogP contribution in [0.5, 0.6) is 11.5 Å². The second-order valence-electron chi connectivity index (χ2n) is 13.5. The number of hydrogen-bond donors (Lipinski definition) is 1. The zero-order chi connectivity index (χ0) is 33.7. The summed E-state index contributed by atoms with van der Waals surface area (Å²) >= 11 is 0. The number of hydrogen-bond acceptors (Lipinski definition) is 5. The van der Waals surface area contributed by atoms with E-state index in [0.717, 1.165) is 41.8 Å². The summed E-state index contributed by atoms with van der Waals surface area (Å²) in [6.07, 6.45) is 3.46. The van der Waals surface area contributed by atoms with Crippen LogP contribution >= 0.6 is 0 Å². The number of benzene rings is 3. The smallest absolute Gasteiger partial charge is 0.416 e. The van der Waals surface area contributed by atoms with Crippen LogP contribution in [0.4, 0.5) is 13.2 Å². The molecule has 0 aromatic heterocycles. The molecule has 1 N–H and O–H groups in total. The molecule has 2 aliphatic carbocycles. The average Bonchev–Trinajstić information content (AvgIpc) is 3.43. The van der Waals surface area contributed by atoms with E-state index in [1.165, 1.54) is 18.2 Å². The minimum atomic E-state index is -4.48. The van der Waals surface area contributed by atoms with Gasteiger partial charge in [0.25, 0.3) is 0 Å². The summed E-state index contributed by atoms with van der Waals surface area (Å²) in [5, 5.41) is 12.9. The van der Waals surface area contributed by atoms with Gasteiger partial charge in [-0.05, 0) is 86.0 Å². The van der Waals surface area contributed by atoms with E-state index < -0.39 is 28.9 Å². The highest BCUT2D eigenvalue weighted by atomic mass is 19.4. The van der Waals surface area contributed by atoms with Crippen molar-refractivity contribution in [1.29, 1.82) is 0 Å². The predicted octanol–water partition coefficient (Wildman–Crippen LogP) is 6.60. The summed E-state index contributed by atoms with van der Waals surface area (Å²) in [7, 11) is 1.61. The van der Waals surface area contributed by atoms with Gasteiger partial charge in [-0.25, -0.2) is 0 Å². The van der Waals surface area contributed by atoms with Crippen molar-refractivity contribution < 1.29 is 32.5 Å². The maximum Gasteiger partial charge on any atom is 0.416 e. The molecule has 3 aromatic carbocycles. The maximum absolute atomic E-state index is 14.2. The van der Waals surface area contributed by atoms with E-state index in [0.29, 0.717) is 62.3 Å². The molecule has 252 valence electrons. The van der Waals surface area contributed by atoms with Crippen LogP contribution in [0.15, 0.2) is 85.5 Å². The van der Waals surface area contributed by atoms with Gasteiger partial charge in [-0.15, -0.1) is 6.58 Å². The van der Waals surface area contributed by atoms with Gasteiger partial charge >= 0.3 is 6.18 Å². The Balaban J connectivity index is 1.26. The number of carbonyl (C=O) groups excluding carboxylic acids is 1. The van der Waals surface area contributed by atoms with E-state index in [9.17, 15) is 23.1 Å². The van der Waals surface area contributed by atoms with Crippen molar-refractivity contribution in [2.24, 2.45) is 0 Å². The number of rotatable bonds is 10. The van der Waals surface area contributed by atoms with E-state index in [1.807, 2.05) is 35.2 Å². The minimum Gasteiger partial charge on any atom is -0.493 e. The summed E-state index contributed by atoms with van der Waals surface area (Å²) in [6.45, 7) is 5.81. The van der Waals surface area contributed by atoms with Crippen molar-refractivity contribution in [2.45, 2.75) is 73.9 Å². The van der Waals surface area contributed by atoms with Gasteiger partial charge < -0.3 is 19.5 Å². The second kappa shape index (κ2) is 12.4. The predicted molar refractivity (Wildman–Crippen MR) is 178 cm³/mol. The number of halogens is 3. The molecule has 4 aliphatic rings.